The molecule has 0 heterocycles. The summed E-state index contributed by atoms with van der Waals surface area (Å²) in [6, 6.07) is 17.1. The van der Waals surface area contributed by atoms with Gasteiger partial charge in [-0.25, -0.2) is 0 Å². The molecule has 0 aliphatic heterocycles. The first kappa shape index (κ1) is 18.3. The van der Waals surface area contributed by atoms with Crippen LogP contribution in [0.3, 0.4) is 0 Å². The number of nitrogens with one attached hydrogen (secondary N) is 1. The van der Waals surface area contributed by atoms with E-state index in [-0.39, 0.29) is 11.9 Å². The molecule has 1 atom stereocenters. The van der Waals surface area contributed by atoms with Crippen LogP contribution in [0.2, 0.25) is 5.02 Å². The van der Waals surface area contributed by atoms with Crippen molar-refractivity contribution in [2.45, 2.75) is 13.0 Å². The molecule has 1 amide bonds. The largest absolute Gasteiger partial charge is 0.492 e. The molecular formula is C19H23ClN2O2. The lowest BCUT2D eigenvalue weighted by molar-refractivity contribution is -0.122. The van der Waals surface area contributed by atoms with Gasteiger partial charge in [0.1, 0.15) is 12.4 Å². The zero-order valence-electron chi connectivity index (χ0n) is 14.0. The van der Waals surface area contributed by atoms with Gasteiger partial charge < -0.3 is 10.1 Å². The molecule has 2 aromatic rings. The summed E-state index contributed by atoms with van der Waals surface area (Å²) in [5.74, 6) is 0.825. The van der Waals surface area contributed by atoms with Gasteiger partial charge in [0, 0.05) is 11.6 Å². The van der Waals surface area contributed by atoms with E-state index in [1.165, 1.54) is 0 Å². The highest BCUT2D eigenvalue weighted by molar-refractivity contribution is 6.30. The molecule has 5 heteroatoms. The Morgan fingerprint density at radius 1 is 1.17 bits per heavy atom. The number of likely N-dealkylation sites (N-methyl/N-ethyl adjacent to an activating group) is 1. The highest BCUT2D eigenvalue weighted by atomic mass is 35.5. The minimum Gasteiger partial charge on any atom is -0.492 e. The van der Waals surface area contributed by atoms with Crippen molar-refractivity contribution in [3.8, 4) is 5.75 Å². The van der Waals surface area contributed by atoms with E-state index in [0.717, 1.165) is 11.3 Å². The Kier molecular flexibility index (Phi) is 7.09. The van der Waals surface area contributed by atoms with Gasteiger partial charge in [-0.3, -0.25) is 9.69 Å². The monoisotopic (exact) mass is 346 g/mol. The SMILES string of the molecule is C[C@@H](NC(=O)CN(C)CCOc1ccccc1)c1ccc(Cl)cc1. The Balaban J connectivity index is 1.70. The topological polar surface area (TPSA) is 41.6 Å². The molecule has 0 radical (unpaired) electrons. The maximum atomic E-state index is 12.1. The molecule has 4 nitrogen and oxygen atoms in total. The van der Waals surface area contributed by atoms with Crippen LogP contribution < -0.4 is 10.1 Å². The first-order chi connectivity index (χ1) is 11.5. The van der Waals surface area contributed by atoms with Crippen LogP contribution in [0.25, 0.3) is 0 Å². The summed E-state index contributed by atoms with van der Waals surface area (Å²) in [6.45, 7) is 3.51. The second-order valence-electron chi connectivity index (χ2n) is 5.74. The first-order valence-corrected chi connectivity index (χ1v) is 8.33. The highest BCUT2D eigenvalue weighted by Crippen LogP contribution is 2.15. The minimum absolute atomic E-state index is 0.0142. The Hall–Kier alpha value is -2.04. The summed E-state index contributed by atoms with van der Waals surface area (Å²) in [7, 11) is 1.90. The van der Waals surface area contributed by atoms with Crippen LogP contribution in [0.1, 0.15) is 18.5 Å². The summed E-state index contributed by atoms with van der Waals surface area (Å²) < 4.78 is 5.63. The van der Waals surface area contributed by atoms with Gasteiger partial charge in [0.05, 0.1) is 12.6 Å². The maximum absolute atomic E-state index is 12.1. The third-order valence-corrected chi connectivity index (χ3v) is 3.90. The zero-order valence-corrected chi connectivity index (χ0v) is 14.8. The predicted molar refractivity (Wildman–Crippen MR) is 97.4 cm³/mol. The molecule has 0 aliphatic carbocycles. The number of carbonyl (C=O) groups is 1. The standard InChI is InChI=1S/C19H23ClN2O2/c1-15(16-8-10-17(20)11-9-16)21-19(23)14-22(2)12-13-24-18-6-4-3-5-7-18/h3-11,15H,12-14H2,1-2H3,(H,21,23)/t15-/m1/s1. The van der Waals surface area contributed by atoms with E-state index in [9.17, 15) is 4.79 Å². The van der Waals surface area contributed by atoms with Gasteiger partial charge in [-0.2, -0.15) is 0 Å². The number of halogens is 1. The molecule has 2 rings (SSSR count). The van der Waals surface area contributed by atoms with Crippen molar-refractivity contribution in [3.05, 3.63) is 65.2 Å². The summed E-state index contributed by atoms with van der Waals surface area (Å²) in [6.07, 6.45) is 0. The van der Waals surface area contributed by atoms with E-state index in [4.69, 9.17) is 16.3 Å². The zero-order chi connectivity index (χ0) is 17.4. The van der Waals surface area contributed by atoms with Gasteiger partial charge in [0.15, 0.2) is 0 Å². The normalized spacial score (nSPS) is 12.0. The van der Waals surface area contributed by atoms with Crippen molar-refractivity contribution in [1.82, 2.24) is 10.2 Å². The average Bonchev–Trinajstić information content (AvgIpc) is 2.56. The van der Waals surface area contributed by atoms with E-state index in [0.29, 0.717) is 24.7 Å². The molecule has 2 aromatic carbocycles. The molecule has 0 bridgehead atoms. The highest BCUT2D eigenvalue weighted by Gasteiger charge is 2.11. The van der Waals surface area contributed by atoms with Crippen molar-refractivity contribution in [2.75, 3.05) is 26.7 Å². The van der Waals surface area contributed by atoms with E-state index in [2.05, 4.69) is 5.32 Å². The number of benzene rings is 2. The summed E-state index contributed by atoms with van der Waals surface area (Å²) in [5.41, 5.74) is 1.03. The van der Waals surface area contributed by atoms with E-state index >= 15 is 0 Å². The average molecular weight is 347 g/mol. The Morgan fingerprint density at radius 3 is 2.50 bits per heavy atom. The molecular weight excluding hydrogens is 324 g/mol. The number of nitrogens with zero attached hydrogens (tertiary/aromatic N) is 1. The number of hydrogen-bond acceptors (Lipinski definition) is 3. The summed E-state index contributed by atoms with van der Waals surface area (Å²) >= 11 is 5.88. The van der Waals surface area contributed by atoms with Gasteiger partial charge in [0.25, 0.3) is 0 Å². The number of ether oxygens (including phenoxy) is 1. The van der Waals surface area contributed by atoms with Crippen LogP contribution in [0.5, 0.6) is 5.75 Å². The van der Waals surface area contributed by atoms with Crippen LogP contribution in [0.15, 0.2) is 54.6 Å². The van der Waals surface area contributed by atoms with E-state index < -0.39 is 0 Å². The molecule has 0 spiro atoms. The number of carbonyl (C=O) groups excluding carboxylic acids is 1. The third-order valence-electron chi connectivity index (χ3n) is 3.65. The van der Waals surface area contributed by atoms with Gasteiger partial charge in [-0.15, -0.1) is 0 Å². The van der Waals surface area contributed by atoms with E-state index in [1.807, 2.05) is 73.5 Å². The third kappa shape index (κ3) is 6.22. The van der Waals surface area contributed by atoms with Gasteiger partial charge >= 0.3 is 0 Å². The van der Waals surface area contributed by atoms with E-state index in [1.54, 1.807) is 0 Å². The van der Waals surface area contributed by atoms with Crippen molar-refractivity contribution in [2.24, 2.45) is 0 Å². The molecule has 0 aliphatic rings. The number of amides is 1. The van der Waals surface area contributed by atoms with Crippen molar-refractivity contribution in [1.29, 1.82) is 0 Å². The lowest BCUT2D eigenvalue weighted by atomic mass is 10.1. The maximum Gasteiger partial charge on any atom is 0.234 e. The number of para-hydroxylation sites is 1. The lowest BCUT2D eigenvalue weighted by Gasteiger charge is -2.19. The van der Waals surface area contributed by atoms with Crippen LogP contribution in [0.4, 0.5) is 0 Å². The lowest BCUT2D eigenvalue weighted by Crippen LogP contribution is -2.38. The van der Waals surface area contributed by atoms with Crippen molar-refractivity contribution < 1.29 is 9.53 Å². The molecule has 1 N–H and O–H groups in total. The molecule has 0 aromatic heterocycles. The first-order valence-electron chi connectivity index (χ1n) is 7.96. The molecule has 128 valence electrons. The van der Waals surface area contributed by atoms with Crippen LogP contribution in [-0.4, -0.2) is 37.6 Å². The summed E-state index contributed by atoms with van der Waals surface area (Å²) in [5, 5.41) is 3.68. The van der Waals surface area contributed by atoms with Gasteiger partial charge in [-0.1, -0.05) is 41.9 Å². The molecule has 0 unspecified atom stereocenters. The molecule has 0 saturated carbocycles. The Morgan fingerprint density at radius 2 is 1.83 bits per heavy atom. The second-order valence-corrected chi connectivity index (χ2v) is 6.18. The van der Waals surface area contributed by atoms with Gasteiger partial charge in [-0.05, 0) is 43.8 Å². The quantitative estimate of drug-likeness (QED) is 0.795. The minimum atomic E-state index is -0.0521. The fourth-order valence-electron chi connectivity index (χ4n) is 2.28. The smallest absolute Gasteiger partial charge is 0.234 e. The number of rotatable bonds is 8. The molecule has 24 heavy (non-hydrogen) atoms. The van der Waals surface area contributed by atoms with Crippen molar-refractivity contribution >= 4 is 17.5 Å². The molecule has 0 saturated heterocycles. The fourth-order valence-corrected chi connectivity index (χ4v) is 2.41. The van der Waals surface area contributed by atoms with Crippen LogP contribution in [0, 0.1) is 0 Å². The Bertz CT molecular complexity index is 632. The predicted octanol–water partition coefficient (Wildman–Crippen LogP) is 3.53. The van der Waals surface area contributed by atoms with Gasteiger partial charge in [0.2, 0.25) is 5.91 Å². The van der Waals surface area contributed by atoms with Crippen molar-refractivity contribution in [3.63, 3.8) is 0 Å². The Labute approximate surface area is 148 Å². The molecule has 0 fully saturated rings. The number of hydrogen-bond donors (Lipinski definition) is 1. The fraction of sp³-hybridized carbons (Fsp3) is 0.316. The van der Waals surface area contributed by atoms with Crippen LogP contribution in [-0.2, 0) is 4.79 Å². The van der Waals surface area contributed by atoms with Crippen LogP contribution >= 0.6 is 11.6 Å². The second kappa shape index (κ2) is 9.30. The summed E-state index contributed by atoms with van der Waals surface area (Å²) in [4.78, 5) is 14.1.